The Morgan fingerprint density at radius 1 is 1.33 bits per heavy atom. The molecule has 3 heteroatoms. The van der Waals surface area contributed by atoms with Gasteiger partial charge in [-0.1, -0.05) is 48.5 Å². The van der Waals surface area contributed by atoms with Crippen molar-refractivity contribution in [1.29, 1.82) is 0 Å². The summed E-state index contributed by atoms with van der Waals surface area (Å²) in [6.45, 7) is 12.2. The van der Waals surface area contributed by atoms with E-state index >= 15 is 0 Å². The van der Waals surface area contributed by atoms with Gasteiger partial charge < -0.3 is 10.2 Å². The Bertz CT molecular complexity index is 583. The Kier molecular flexibility index (Phi) is 9.98. The van der Waals surface area contributed by atoms with Crippen LogP contribution in [0.1, 0.15) is 34.1 Å². The third-order valence-corrected chi connectivity index (χ3v) is 3.48. The monoisotopic (exact) mass is 326 g/mol. The molecule has 0 aromatic rings. The number of rotatable bonds is 8. The van der Waals surface area contributed by atoms with Crippen LogP contribution in [0.3, 0.4) is 0 Å². The highest BCUT2D eigenvalue weighted by molar-refractivity contribution is 5.76. The summed E-state index contributed by atoms with van der Waals surface area (Å²) < 4.78 is 0. The number of hydrogen-bond acceptors (Lipinski definition) is 1. The minimum absolute atomic E-state index is 0.180. The highest BCUT2D eigenvalue weighted by Crippen LogP contribution is 2.22. The maximum absolute atomic E-state index is 12.2. The van der Waals surface area contributed by atoms with Gasteiger partial charge in [-0.05, 0) is 46.3 Å². The number of amides is 2. The second kappa shape index (κ2) is 11.1. The third-order valence-electron chi connectivity index (χ3n) is 3.48. The standard InChI is InChI=1S/C21H30N2O/c1-8-11-12-15-21(6,10-3)16-17-23(7)20(24)22-19(9-2)14-13-18(4)5/h3,8-9,11-15H,2,16-17H2,1,4-7H3,(H,22,24)/b11-8-,15-12-,19-14+. The minimum atomic E-state index is -0.382. The topological polar surface area (TPSA) is 32.3 Å². The fourth-order valence-electron chi connectivity index (χ4n) is 1.72. The molecule has 1 unspecified atom stereocenters. The zero-order chi connectivity index (χ0) is 18.6. The normalized spacial score (nSPS) is 14.1. The summed E-state index contributed by atoms with van der Waals surface area (Å²) in [5.41, 5.74) is 1.43. The van der Waals surface area contributed by atoms with Crippen LogP contribution in [0.4, 0.5) is 4.79 Å². The Morgan fingerprint density at radius 2 is 2.00 bits per heavy atom. The Hall–Kier alpha value is -2.47. The quantitative estimate of drug-likeness (QED) is 0.503. The van der Waals surface area contributed by atoms with Crippen molar-refractivity contribution in [2.75, 3.05) is 13.6 Å². The highest BCUT2D eigenvalue weighted by atomic mass is 16.2. The lowest BCUT2D eigenvalue weighted by Crippen LogP contribution is -2.38. The van der Waals surface area contributed by atoms with Crippen molar-refractivity contribution in [2.24, 2.45) is 5.41 Å². The molecule has 0 saturated carbocycles. The molecule has 0 saturated heterocycles. The lowest BCUT2D eigenvalue weighted by molar-refractivity contribution is 0.208. The molecule has 1 N–H and O–H groups in total. The number of carbonyl (C=O) groups is 1. The third kappa shape index (κ3) is 8.85. The Labute approximate surface area is 147 Å². The largest absolute Gasteiger partial charge is 0.328 e. The van der Waals surface area contributed by atoms with E-state index in [0.29, 0.717) is 18.7 Å². The molecule has 0 aromatic carbocycles. The van der Waals surface area contributed by atoms with Gasteiger partial charge in [0, 0.05) is 24.7 Å². The Balaban J connectivity index is 4.76. The molecule has 0 heterocycles. The van der Waals surface area contributed by atoms with E-state index in [2.05, 4.69) is 17.8 Å². The first kappa shape index (κ1) is 21.5. The molecule has 0 aromatic heterocycles. The van der Waals surface area contributed by atoms with E-state index in [1.165, 1.54) is 0 Å². The van der Waals surface area contributed by atoms with E-state index in [-0.39, 0.29) is 11.4 Å². The molecule has 130 valence electrons. The molecule has 3 nitrogen and oxygen atoms in total. The summed E-state index contributed by atoms with van der Waals surface area (Å²) in [4.78, 5) is 13.9. The van der Waals surface area contributed by atoms with E-state index in [4.69, 9.17) is 6.42 Å². The molecular weight excluding hydrogens is 296 g/mol. The maximum atomic E-state index is 12.2. The highest BCUT2D eigenvalue weighted by Gasteiger charge is 2.19. The van der Waals surface area contributed by atoms with Crippen LogP contribution >= 0.6 is 0 Å². The molecule has 0 aliphatic heterocycles. The van der Waals surface area contributed by atoms with Crippen LogP contribution in [-0.4, -0.2) is 24.5 Å². The molecule has 0 radical (unpaired) electrons. The van der Waals surface area contributed by atoms with Crippen molar-refractivity contribution in [3.05, 3.63) is 60.4 Å². The summed E-state index contributed by atoms with van der Waals surface area (Å²) in [5, 5.41) is 2.83. The molecule has 0 aliphatic rings. The lowest BCUT2D eigenvalue weighted by atomic mass is 9.87. The maximum Gasteiger partial charge on any atom is 0.321 e. The fourth-order valence-corrected chi connectivity index (χ4v) is 1.72. The van der Waals surface area contributed by atoms with Crippen molar-refractivity contribution in [3.63, 3.8) is 0 Å². The molecule has 24 heavy (non-hydrogen) atoms. The molecule has 0 bridgehead atoms. The van der Waals surface area contributed by atoms with Gasteiger partial charge in [-0.3, -0.25) is 0 Å². The average molecular weight is 326 g/mol. The van der Waals surface area contributed by atoms with E-state index in [9.17, 15) is 4.79 Å². The zero-order valence-electron chi connectivity index (χ0n) is 15.6. The predicted molar refractivity (Wildman–Crippen MR) is 104 cm³/mol. The number of nitrogens with one attached hydrogen (secondary N) is 1. The van der Waals surface area contributed by atoms with Crippen LogP contribution in [0.2, 0.25) is 0 Å². The first-order chi connectivity index (χ1) is 11.3. The summed E-state index contributed by atoms with van der Waals surface area (Å²) in [7, 11) is 1.75. The summed E-state index contributed by atoms with van der Waals surface area (Å²) in [6, 6.07) is -0.180. The molecular formula is C21H30N2O. The first-order valence-electron chi connectivity index (χ1n) is 8.06. The van der Waals surface area contributed by atoms with Gasteiger partial charge in [-0.15, -0.1) is 6.42 Å². The van der Waals surface area contributed by atoms with Gasteiger partial charge in [0.25, 0.3) is 0 Å². The SMILES string of the molecule is C#CC(C)(/C=C\C=C/C)CCN(C)C(=O)N/C(C=C)=C/C=C(C)C. The van der Waals surface area contributed by atoms with Gasteiger partial charge in [0.2, 0.25) is 0 Å². The second-order valence-electron chi connectivity index (χ2n) is 6.12. The van der Waals surface area contributed by atoms with Gasteiger partial charge in [-0.2, -0.15) is 0 Å². The van der Waals surface area contributed by atoms with Gasteiger partial charge in [0.1, 0.15) is 0 Å². The van der Waals surface area contributed by atoms with E-state index in [1.807, 2.05) is 64.2 Å². The number of hydrogen-bond donors (Lipinski definition) is 1. The molecule has 2 amide bonds. The summed E-state index contributed by atoms with van der Waals surface area (Å²) >= 11 is 0. The predicted octanol–water partition coefficient (Wildman–Crippen LogP) is 4.83. The summed E-state index contributed by atoms with van der Waals surface area (Å²) in [6.07, 6.45) is 19.5. The second-order valence-corrected chi connectivity index (χ2v) is 6.12. The van der Waals surface area contributed by atoms with Crippen LogP contribution in [0.25, 0.3) is 0 Å². The van der Waals surface area contributed by atoms with E-state index in [1.54, 1.807) is 18.0 Å². The van der Waals surface area contributed by atoms with Gasteiger partial charge in [0.05, 0.1) is 0 Å². The number of nitrogens with zero attached hydrogens (tertiary/aromatic N) is 1. The van der Waals surface area contributed by atoms with Crippen molar-refractivity contribution >= 4 is 6.03 Å². The number of urea groups is 1. The van der Waals surface area contributed by atoms with E-state index < -0.39 is 0 Å². The van der Waals surface area contributed by atoms with Crippen molar-refractivity contribution in [1.82, 2.24) is 10.2 Å². The molecule has 0 spiro atoms. The molecule has 0 rings (SSSR count). The number of carbonyl (C=O) groups excluding carboxylic acids is 1. The van der Waals surface area contributed by atoms with Crippen LogP contribution in [0.15, 0.2) is 60.4 Å². The summed E-state index contributed by atoms with van der Waals surface area (Å²) in [5.74, 6) is 2.80. The van der Waals surface area contributed by atoms with E-state index in [0.717, 1.165) is 5.57 Å². The van der Waals surface area contributed by atoms with Gasteiger partial charge >= 0.3 is 6.03 Å². The van der Waals surface area contributed by atoms with Gasteiger partial charge in [-0.25, -0.2) is 4.79 Å². The Morgan fingerprint density at radius 3 is 2.50 bits per heavy atom. The van der Waals surface area contributed by atoms with Crippen molar-refractivity contribution in [2.45, 2.75) is 34.1 Å². The zero-order valence-corrected chi connectivity index (χ0v) is 15.6. The molecule has 0 aliphatic carbocycles. The fraction of sp³-hybridized carbons (Fsp3) is 0.381. The minimum Gasteiger partial charge on any atom is -0.328 e. The first-order valence-corrected chi connectivity index (χ1v) is 8.06. The van der Waals surface area contributed by atoms with Crippen LogP contribution in [-0.2, 0) is 0 Å². The number of allylic oxidation sites excluding steroid dienone is 8. The molecule has 0 fully saturated rings. The van der Waals surface area contributed by atoms with Crippen LogP contribution in [0.5, 0.6) is 0 Å². The van der Waals surface area contributed by atoms with Crippen molar-refractivity contribution in [3.8, 4) is 12.3 Å². The molecule has 1 atom stereocenters. The smallest absolute Gasteiger partial charge is 0.321 e. The van der Waals surface area contributed by atoms with Crippen LogP contribution < -0.4 is 5.32 Å². The van der Waals surface area contributed by atoms with Gasteiger partial charge in [0.15, 0.2) is 0 Å². The van der Waals surface area contributed by atoms with Crippen LogP contribution in [0, 0.1) is 17.8 Å². The van der Waals surface area contributed by atoms with Crippen molar-refractivity contribution < 1.29 is 4.79 Å². The lowest BCUT2D eigenvalue weighted by Gasteiger charge is -2.24. The average Bonchev–Trinajstić information content (AvgIpc) is 2.56. The number of terminal acetylenes is 1.